The number of aliphatic carboxylic acids is 1. The van der Waals surface area contributed by atoms with Gasteiger partial charge in [0.05, 0.1) is 5.41 Å². The van der Waals surface area contributed by atoms with Crippen LogP contribution in [0.2, 0.25) is 5.02 Å². The van der Waals surface area contributed by atoms with E-state index >= 15 is 0 Å². The number of benzene rings is 2. The number of carboxylic acid groups (broad SMARTS) is 1. The van der Waals surface area contributed by atoms with Gasteiger partial charge in [-0.15, -0.1) is 0 Å². The Morgan fingerprint density at radius 2 is 1.89 bits per heavy atom. The first-order chi connectivity index (χ1) is 18.0. The van der Waals surface area contributed by atoms with E-state index in [9.17, 15) is 23.9 Å². The SMILES string of the molecule is CCOCCC(C)(C[C@@H](Cc1ccc(-c2cc(Cl)ccc2F)cc1)NC(=O)c1cc(C(C)=O)n[nH]1)C(=O)O. The highest BCUT2D eigenvalue weighted by Crippen LogP contribution is 2.31. The fourth-order valence-corrected chi connectivity index (χ4v) is 4.33. The van der Waals surface area contributed by atoms with Crippen molar-refractivity contribution in [2.24, 2.45) is 5.41 Å². The summed E-state index contributed by atoms with van der Waals surface area (Å²) in [5.74, 6) is -2.19. The molecule has 1 heterocycles. The summed E-state index contributed by atoms with van der Waals surface area (Å²) in [5.41, 5.74) is 0.864. The molecule has 2 atom stereocenters. The Labute approximate surface area is 225 Å². The Morgan fingerprint density at radius 1 is 1.18 bits per heavy atom. The van der Waals surface area contributed by atoms with Gasteiger partial charge in [0.25, 0.3) is 5.91 Å². The lowest BCUT2D eigenvalue weighted by Gasteiger charge is -2.30. The summed E-state index contributed by atoms with van der Waals surface area (Å²) in [4.78, 5) is 36.8. The third-order valence-electron chi connectivity index (χ3n) is 6.41. The lowest BCUT2D eigenvalue weighted by Crippen LogP contribution is -2.43. The summed E-state index contributed by atoms with van der Waals surface area (Å²) in [6.45, 7) is 5.54. The van der Waals surface area contributed by atoms with Gasteiger partial charge >= 0.3 is 5.97 Å². The van der Waals surface area contributed by atoms with E-state index in [0.717, 1.165) is 5.56 Å². The van der Waals surface area contributed by atoms with Crippen molar-refractivity contribution in [3.8, 4) is 11.1 Å². The largest absolute Gasteiger partial charge is 0.481 e. The summed E-state index contributed by atoms with van der Waals surface area (Å²) >= 11 is 6.03. The van der Waals surface area contributed by atoms with Crippen LogP contribution in [0.25, 0.3) is 11.1 Å². The zero-order valence-electron chi connectivity index (χ0n) is 21.5. The molecule has 1 aromatic heterocycles. The van der Waals surface area contributed by atoms with Crippen molar-refractivity contribution < 1.29 is 28.6 Å². The van der Waals surface area contributed by atoms with Crippen LogP contribution in [0.5, 0.6) is 0 Å². The van der Waals surface area contributed by atoms with Crippen LogP contribution in [0.3, 0.4) is 0 Å². The molecule has 10 heteroatoms. The number of aromatic amines is 1. The number of nitrogens with one attached hydrogen (secondary N) is 2. The normalized spacial score (nSPS) is 13.5. The lowest BCUT2D eigenvalue weighted by atomic mass is 9.79. The first-order valence-corrected chi connectivity index (χ1v) is 12.6. The molecule has 3 N–H and O–H groups in total. The van der Waals surface area contributed by atoms with Crippen molar-refractivity contribution >= 4 is 29.3 Å². The summed E-state index contributed by atoms with van der Waals surface area (Å²) in [5, 5.41) is 19.7. The molecule has 0 aliphatic rings. The van der Waals surface area contributed by atoms with Gasteiger partial charge in [0, 0.05) is 36.8 Å². The molecule has 38 heavy (non-hydrogen) atoms. The Kier molecular flexibility index (Phi) is 9.77. The number of hydrogen-bond acceptors (Lipinski definition) is 5. The standard InChI is InChI=1S/C28H31ClFN3O5/c1-4-38-12-11-28(3,27(36)37)16-21(31-26(35)25-15-24(17(2)34)32-33-25)13-18-5-7-19(8-6-18)22-14-20(29)9-10-23(22)30/h5-10,14-15,21H,4,11-13,16H2,1-3H3,(H,31,35)(H,32,33)(H,36,37)/t21-,28?/m1/s1. The third kappa shape index (κ3) is 7.49. The van der Waals surface area contributed by atoms with E-state index in [0.29, 0.717) is 29.2 Å². The first kappa shape index (κ1) is 29.0. The number of rotatable bonds is 13. The van der Waals surface area contributed by atoms with Gasteiger partial charge in [-0.1, -0.05) is 35.9 Å². The van der Waals surface area contributed by atoms with E-state index in [2.05, 4.69) is 15.5 Å². The number of carboxylic acids is 1. The number of halogens is 2. The molecule has 1 unspecified atom stereocenters. The second-order valence-corrected chi connectivity index (χ2v) is 9.87. The van der Waals surface area contributed by atoms with Crippen LogP contribution in [-0.4, -0.2) is 52.2 Å². The van der Waals surface area contributed by atoms with Crippen LogP contribution in [-0.2, 0) is 16.0 Å². The molecule has 0 radical (unpaired) electrons. The number of nitrogens with zero attached hydrogens (tertiary/aromatic N) is 1. The van der Waals surface area contributed by atoms with Gasteiger partial charge in [-0.3, -0.25) is 19.5 Å². The topological polar surface area (TPSA) is 121 Å². The zero-order chi connectivity index (χ0) is 27.9. The molecule has 0 bridgehead atoms. The zero-order valence-corrected chi connectivity index (χ0v) is 22.3. The second kappa shape index (κ2) is 12.8. The molecule has 8 nitrogen and oxygen atoms in total. The minimum absolute atomic E-state index is 0.0957. The van der Waals surface area contributed by atoms with Crippen LogP contribution in [0.15, 0.2) is 48.5 Å². The first-order valence-electron chi connectivity index (χ1n) is 12.2. The van der Waals surface area contributed by atoms with Gasteiger partial charge < -0.3 is 15.2 Å². The van der Waals surface area contributed by atoms with E-state index in [1.165, 1.54) is 25.1 Å². The Morgan fingerprint density at radius 3 is 2.50 bits per heavy atom. The van der Waals surface area contributed by atoms with Crippen LogP contribution < -0.4 is 5.32 Å². The highest BCUT2D eigenvalue weighted by Gasteiger charge is 2.36. The number of Topliss-reactive ketones (excluding diaryl/α,β-unsaturated/α-hetero) is 1. The number of carbonyl (C=O) groups is 3. The van der Waals surface area contributed by atoms with Crippen molar-refractivity contribution in [2.45, 2.75) is 46.1 Å². The van der Waals surface area contributed by atoms with Gasteiger partial charge in [-0.2, -0.15) is 5.10 Å². The molecule has 0 saturated carbocycles. The smallest absolute Gasteiger partial charge is 0.309 e. The summed E-state index contributed by atoms with van der Waals surface area (Å²) in [6, 6.07) is 12.2. The fraction of sp³-hybridized carbons (Fsp3) is 0.357. The molecule has 0 aliphatic heterocycles. The van der Waals surface area contributed by atoms with Crippen molar-refractivity contribution in [3.63, 3.8) is 0 Å². The molecule has 0 saturated heterocycles. The summed E-state index contributed by atoms with van der Waals surface area (Å²) < 4.78 is 19.7. The van der Waals surface area contributed by atoms with E-state index in [1.54, 1.807) is 37.3 Å². The van der Waals surface area contributed by atoms with Crippen molar-refractivity contribution in [1.82, 2.24) is 15.5 Å². The molecular weight excluding hydrogens is 513 g/mol. The number of amides is 1. The van der Waals surface area contributed by atoms with Gasteiger partial charge in [-0.25, -0.2) is 4.39 Å². The highest BCUT2D eigenvalue weighted by molar-refractivity contribution is 6.30. The minimum atomic E-state index is -1.17. The second-order valence-electron chi connectivity index (χ2n) is 9.44. The van der Waals surface area contributed by atoms with E-state index in [-0.39, 0.29) is 36.6 Å². The average molecular weight is 544 g/mol. The van der Waals surface area contributed by atoms with Crippen LogP contribution >= 0.6 is 11.6 Å². The summed E-state index contributed by atoms with van der Waals surface area (Å²) in [7, 11) is 0. The predicted octanol–water partition coefficient (Wildman–Crippen LogP) is 5.32. The molecular formula is C28H31ClFN3O5. The Bertz CT molecular complexity index is 1290. The number of ketones is 1. The van der Waals surface area contributed by atoms with Crippen molar-refractivity contribution in [3.05, 3.63) is 76.3 Å². The molecule has 3 rings (SSSR count). The van der Waals surface area contributed by atoms with Gasteiger partial charge in [0.2, 0.25) is 0 Å². The third-order valence-corrected chi connectivity index (χ3v) is 6.64. The van der Waals surface area contributed by atoms with Crippen molar-refractivity contribution in [2.75, 3.05) is 13.2 Å². The predicted molar refractivity (Wildman–Crippen MR) is 142 cm³/mol. The van der Waals surface area contributed by atoms with Gasteiger partial charge in [0.15, 0.2) is 5.78 Å². The monoisotopic (exact) mass is 543 g/mol. The molecule has 202 valence electrons. The summed E-state index contributed by atoms with van der Waals surface area (Å²) in [6.07, 6.45) is 0.697. The fourth-order valence-electron chi connectivity index (χ4n) is 4.16. The minimum Gasteiger partial charge on any atom is -0.481 e. The number of aromatic nitrogens is 2. The van der Waals surface area contributed by atoms with E-state index < -0.39 is 29.2 Å². The molecule has 1 amide bonds. The Hall–Kier alpha value is -3.56. The number of carbonyl (C=O) groups excluding carboxylic acids is 2. The molecule has 3 aromatic rings. The molecule has 0 spiro atoms. The number of hydrogen-bond donors (Lipinski definition) is 3. The van der Waals surface area contributed by atoms with Gasteiger partial charge in [-0.05, 0) is 68.5 Å². The van der Waals surface area contributed by atoms with Crippen molar-refractivity contribution in [1.29, 1.82) is 0 Å². The molecule has 0 aliphatic carbocycles. The number of H-pyrrole nitrogens is 1. The van der Waals surface area contributed by atoms with E-state index in [4.69, 9.17) is 16.3 Å². The maximum Gasteiger partial charge on any atom is 0.309 e. The number of ether oxygens (including phenoxy) is 1. The quantitative estimate of drug-likeness (QED) is 0.198. The maximum absolute atomic E-state index is 14.3. The maximum atomic E-state index is 14.3. The molecule has 2 aromatic carbocycles. The molecule has 0 fully saturated rings. The van der Waals surface area contributed by atoms with E-state index in [1.807, 2.05) is 6.92 Å². The lowest BCUT2D eigenvalue weighted by molar-refractivity contribution is -0.150. The highest BCUT2D eigenvalue weighted by atomic mass is 35.5. The van der Waals surface area contributed by atoms with Crippen LogP contribution in [0.1, 0.15) is 60.2 Å². The average Bonchev–Trinajstić information content (AvgIpc) is 3.37. The van der Waals surface area contributed by atoms with Gasteiger partial charge in [0.1, 0.15) is 17.2 Å². The Balaban J connectivity index is 1.85. The van der Waals surface area contributed by atoms with Crippen LogP contribution in [0.4, 0.5) is 4.39 Å². The van der Waals surface area contributed by atoms with Crippen LogP contribution in [0, 0.1) is 11.2 Å².